The van der Waals surface area contributed by atoms with Crippen molar-refractivity contribution >= 4 is 10.8 Å². The fraction of sp³-hybridized carbons (Fsp3) is 0.538. The average Bonchev–Trinajstić information content (AvgIpc) is 3.09. The molecule has 0 bridgehead atoms. The molecule has 1 N–H and O–H groups in total. The summed E-state index contributed by atoms with van der Waals surface area (Å²) in [6.45, 7) is 2.04. The predicted octanol–water partition coefficient (Wildman–Crippen LogP) is 2.31. The lowest BCUT2D eigenvalue weighted by molar-refractivity contribution is 0.613. The van der Waals surface area contributed by atoms with E-state index in [0.29, 0.717) is 0 Å². The van der Waals surface area contributed by atoms with Gasteiger partial charge in [0.25, 0.3) is 0 Å². The van der Waals surface area contributed by atoms with Gasteiger partial charge in [-0.3, -0.25) is 4.21 Å². The van der Waals surface area contributed by atoms with Gasteiger partial charge in [0.15, 0.2) is 0 Å². The van der Waals surface area contributed by atoms with Gasteiger partial charge in [-0.2, -0.15) is 0 Å². The monoisotopic (exact) mass is 237 g/mol. The molecule has 3 heteroatoms. The Morgan fingerprint density at radius 3 is 2.56 bits per heavy atom. The summed E-state index contributed by atoms with van der Waals surface area (Å²) in [5.74, 6) is 0.998. The molecule has 2 rings (SSSR count). The van der Waals surface area contributed by atoms with E-state index in [-0.39, 0.29) is 0 Å². The summed E-state index contributed by atoms with van der Waals surface area (Å²) in [5, 5.41) is 3.45. The number of nitrogens with one attached hydrogen (secondary N) is 1. The van der Waals surface area contributed by atoms with Gasteiger partial charge in [-0.25, -0.2) is 0 Å². The molecule has 0 aromatic heterocycles. The molecule has 1 aromatic carbocycles. The summed E-state index contributed by atoms with van der Waals surface area (Å²) in [7, 11) is -0.863. The van der Waals surface area contributed by atoms with Crippen molar-refractivity contribution in [2.24, 2.45) is 5.92 Å². The molecule has 16 heavy (non-hydrogen) atoms. The minimum absolute atomic E-state index is 0.863. The van der Waals surface area contributed by atoms with Gasteiger partial charge in [0.1, 0.15) is 0 Å². The van der Waals surface area contributed by atoms with Crippen LogP contribution in [0.1, 0.15) is 24.8 Å². The first-order valence-electron chi connectivity index (χ1n) is 5.89. The fourth-order valence-electron chi connectivity index (χ4n) is 1.74. The first kappa shape index (κ1) is 11.8. The minimum atomic E-state index is -0.863. The van der Waals surface area contributed by atoms with E-state index in [1.54, 1.807) is 6.26 Å². The molecule has 1 aliphatic rings. The number of benzene rings is 1. The van der Waals surface area contributed by atoms with E-state index >= 15 is 0 Å². The molecule has 1 saturated carbocycles. The van der Waals surface area contributed by atoms with Crippen LogP contribution in [0.25, 0.3) is 0 Å². The number of rotatable bonds is 6. The Kier molecular flexibility index (Phi) is 4.13. The maximum atomic E-state index is 11.2. The van der Waals surface area contributed by atoms with E-state index in [1.807, 2.05) is 12.1 Å². The first-order chi connectivity index (χ1) is 7.75. The van der Waals surface area contributed by atoms with Crippen LogP contribution in [-0.4, -0.2) is 17.0 Å². The standard InChI is InChI=1S/C13H19NOS/c1-16(15)13-6-4-12(5-7-13)10-14-9-8-11-2-3-11/h4-7,11,14H,2-3,8-10H2,1H3. The van der Waals surface area contributed by atoms with Crippen LogP contribution in [-0.2, 0) is 17.3 Å². The quantitative estimate of drug-likeness (QED) is 0.769. The normalized spacial score (nSPS) is 17.3. The Labute approximate surface area is 99.9 Å². The van der Waals surface area contributed by atoms with Crippen molar-refractivity contribution in [2.75, 3.05) is 12.8 Å². The molecule has 88 valence electrons. The van der Waals surface area contributed by atoms with Gasteiger partial charge >= 0.3 is 0 Å². The van der Waals surface area contributed by atoms with Crippen molar-refractivity contribution in [3.63, 3.8) is 0 Å². The molecular formula is C13H19NOS. The van der Waals surface area contributed by atoms with Gasteiger partial charge in [-0.05, 0) is 36.6 Å². The highest BCUT2D eigenvalue weighted by molar-refractivity contribution is 7.84. The van der Waals surface area contributed by atoms with Gasteiger partial charge in [0.05, 0.1) is 0 Å². The first-order valence-corrected chi connectivity index (χ1v) is 7.44. The van der Waals surface area contributed by atoms with E-state index in [4.69, 9.17) is 0 Å². The second-order valence-corrected chi connectivity index (χ2v) is 5.89. The second kappa shape index (κ2) is 5.60. The summed E-state index contributed by atoms with van der Waals surface area (Å²) in [4.78, 5) is 0.904. The Bertz CT molecular complexity index is 357. The number of hydrogen-bond donors (Lipinski definition) is 1. The largest absolute Gasteiger partial charge is 0.313 e. The summed E-state index contributed by atoms with van der Waals surface area (Å²) >= 11 is 0. The predicted molar refractivity (Wildman–Crippen MR) is 67.8 cm³/mol. The van der Waals surface area contributed by atoms with Gasteiger partial charge in [-0.1, -0.05) is 25.0 Å². The van der Waals surface area contributed by atoms with Gasteiger partial charge in [-0.15, -0.1) is 0 Å². The molecule has 0 spiro atoms. The molecule has 1 aliphatic carbocycles. The lowest BCUT2D eigenvalue weighted by Crippen LogP contribution is -2.15. The highest BCUT2D eigenvalue weighted by Gasteiger charge is 2.19. The third-order valence-electron chi connectivity index (χ3n) is 3.01. The van der Waals surface area contributed by atoms with Crippen molar-refractivity contribution in [1.82, 2.24) is 5.32 Å². The third-order valence-corrected chi connectivity index (χ3v) is 3.95. The molecule has 1 fully saturated rings. The molecule has 0 radical (unpaired) electrons. The molecule has 0 heterocycles. The van der Waals surface area contributed by atoms with Crippen LogP contribution in [0.15, 0.2) is 29.2 Å². The maximum absolute atomic E-state index is 11.2. The van der Waals surface area contributed by atoms with Crippen LogP contribution < -0.4 is 5.32 Å². The maximum Gasteiger partial charge on any atom is 0.0498 e. The lowest BCUT2D eigenvalue weighted by atomic mass is 10.2. The van der Waals surface area contributed by atoms with Crippen LogP contribution in [0.5, 0.6) is 0 Å². The van der Waals surface area contributed by atoms with Crippen LogP contribution in [0.2, 0.25) is 0 Å². The van der Waals surface area contributed by atoms with Crippen molar-refractivity contribution in [3.8, 4) is 0 Å². The zero-order valence-corrected chi connectivity index (χ0v) is 10.6. The van der Waals surface area contributed by atoms with Crippen molar-refractivity contribution < 1.29 is 4.21 Å². The van der Waals surface area contributed by atoms with E-state index in [9.17, 15) is 4.21 Å². The van der Waals surface area contributed by atoms with E-state index in [0.717, 1.165) is 23.9 Å². The topological polar surface area (TPSA) is 29.1 Å². The van der Waals surface area contributed by atoms with Crippen molar-refractivity contribution in [1.29, 1.82) is 0 Å². The highest BCUT2D eigenvalue weighted by Crippen LogP contribution is 2.31. The van der Waals surface area contributed by atoms with Crippen LogP contribution in [0, 0.1) is 5.92 Å². The number of hydrogen-bond acceptors (Lipinski definition) is 2. The van der Waals surface area contributed by atoms with Crippen LogP contribution in [0.4, 0.5) is 0 Å². The highest BCUT2D eigenvalue weighted by atomic mass is 32.2. The molecule has 1 atom stereocenters. The Morgan fingerprint density at radius 2 is 2.00 bits per heavy atom. The summed E-state index contributed by atoms with van der Waals surface area (Å²) in [6.07, 6.45) is 5.89. The van der Waals surface area contributed by atoms with E-state index in [2.05, 4.69) is 17.4 Å². The minimum Gasteiger partial charge on any atom is -0.313 e. The Balaban J connectivity index is 1.73. The van der Waals surface area contributed by atoms with Gasteiger partial charge in [0, 0.05) is 28.5 Å². The zero-order chi connectivity index (χ0) is 11.4. The molecule has 0 aliphatic heterocycles. The van der Waals surface area contributed by atoms with E-state index < -0.39 is 10.8 Å². The Hall–Kier alpha value is -0.670. The summed E-state index contributed by atoms with van der Waals surface area (Å²) in [6, 6.07) is 8.02. The van der Waals surface area contributed by atoms with E-state index in [1.165, 1.54) is 24.8 Å². The van der Waals surface area contributed by atoms with Crippen molar-refractivity contribution in [2.45, 2.75) is 30.7 Å². The Morgan fingerprint density at radius 1 is 1.31 bits per heavy atom. The lowest BCUT2D eigenvalue weighted by Gasteiger charge is -2.05. The molecule has 1 unspecified atom stereocenters. The van der Waals surface area contributed by atoms with Crippen molar-refractivity contribution in [3.05, 3.63) is 29.8 Å². The van der Waals surface area contributed by atoms with Gasteiger partial charge < -0.3 is 5.32 Å². The SMILES string of the molecule is CS(=O)c1ccc(CNCCC2CC2)cc1. The van der Waals surface area contributed by atoms with Gasteiger partial charge in [0.2, 0.25) is 0 Å². The molecule has 0 amide bonds. The fourth-order valence-corrected chi connectivity index (χ4v) is 2.26. The third kappa shape index (κ3) is 3.72. The molecule has 0 saturated heterocycles. The smallest absolute Gasteiger partial charge is 0.0498 e. The molecule has 2 nitrogen and oxygen atoms in total. The van der Waals surface area contributed by atoms with Crippen LogP contribution in [0.3, 0.4) is 0 Å². The molecular weight excluding hydrogens is 218 g/mol. The summed E-state index contributed by atoms with van der Waals surface area (Å²) in [5.41, 5.74) is 1.27. The summed E-state index contributed by atoms with van der Waals surface area (Å²) < 4.78 is 11.2. The second-order valence-electron chi connectivity index (χ2n) is 4.51. The average molecular weight is 237 g/mol. The zero-order valence-electron chi connectivity index (χ0n) is 9.74. The van der Waals surface area contributed by atoms with Crippen LogP contribution >= 0.6 is 0 Å². The molecule has 1 aromatic rings.